The Kier molecular flexibility index (Phi) is 7.21. The van der Waals surface area contributed by atoms with Gasteiger partial charge in [0, 0.05) is 20.7 Å². The summed E-state index contributed by atoms with van der Waals surface area (Å²) in [5, 5.41) is 0. The predicted molar refractivity (Wildman–Crippen MR) is 115 cm³/mol. The zero-order valence-corrected chi connectivity index (χ0v) is 17.5. The number of likely N-dealkylation sites (N-methyl/N-ethyl adjacent to an activating group) is 1. The first-order valence-corrected chi connectivity index (χ1v) is 13.0. The molecular formula is C23H33NSi. The quantitative estimate of drug-likeness (QED) is 0.509. The first kappa shape index (κ1) is 19.7. The first-order valence-electron chi connectivity index (χ1n) is 9.32. The topological polar surface area (TPSA) is 3.24 Å². The smallest absolute Gasteiger partial charge is 0.0443 e. The summed E-state index contributed by atoms with van der Waals surface area (Å²) < 4.78 is 0. The van der Waals surface area contributed by atoms with Gasteiger partial charge in [-0.25, -0.2) is 0 Å². The average molecular weight is 352 g/mol. The molecule has 0 spiro atoms. The van der Waals surface area contributed by atoms with Crippen molar-refractivity contribution in [3.8, 4) is 0 Å². The summed E-state index contributed by atoms with van der Waals surface area (Å²) in [4.78, 5) is 2.49. The Balaban J connectivity index is 2.09. The molecule has 1 nitrogen and oxygen atoms in total. The highest BCUT2D eigenvalue weighted by molar-refractivity contribution is 6.76. The number of nitrogens with zero attached hydrogens (tertiary/aromatic N) is 1. The fourth-order valence-corrected chi connectivity index (χ4v) is 4.09. The molecule has 0 N–H and O–H groups in total. The summed E-state index contributed by atoms with van der Waals surface area (Å²) in [7, 11) is 1.22. The van der Waals surface area contributed by atoms with Crippen LogP contribution in [0.5, 0.6) is 0 Å². The standard InChI is InChI=1S/C23H33NSi/c1-20-11-13-21(14-12-20)15-16-23(17-18-25(3,4)5)24(2)19-22-9-7-6-8-10-22/h6-16,23H,17-19H2,1-5H3/b16-15+/t23-/m1/s1. The molecule has 2 heteroatoms. The van der Waals surface area contributed by atoms with Crippen molar-refractivity contribution < 1.29 is 0 Å². The van der Waals surface area contributed by atoms with Crippen molar-refractivity contribution in [3.63, 3.8) is 0 Å². The summed E-state index contributed by atoms with van der Waals surface area (Å²) >= 11 is 0. The molecule has 25 heavy (non-hydrogen) atoms. The van der Waals surface area contributed by atoms with Gasteiger partial charge in [-0.3, -0.25) is 4.90 Å². The van der Waals surface area contributed by atoms with Gasteiger partial charge in [-0.15, -0.1) is 0 Å². The van der Waals surface area contributed by atoms with Crippen molar-refractivity contribution in [1.82, 2.24) is 4.90 Å². The molecule has 1 atom stereocenters. The Morgan fingerprint density at radius 2 is 1.60 bits per heavy atom. The number of rotatable bonds is 8. The van der Waals surface area contributed by atoms with Crippen molar-refractivity contribution >= 4 is 14.1 Å². The Hall–Kier alpha value is -1.64. The van der Waals surface area contributed by atoms with Gasteiger partial charge in [-0.1, -0.05) is 98.0 Å². The van der Waals surface area contributed by atoms with Crippen molar-refractivity contribution in [2.45, 2.75) is 51.6 Å². The average Bonchev–Trinajstić information content (AvgIpc) is 2.56. The van der Waals surface area contributed by atoms with Gasteiger partial charge in [0.05, 0.1) is 0 Å². The maximum Gasteiger partial charge on any atom is 0.0443 e. The molecule has 0 aromatic heterocycles. The van der Waals surface area contributed by atoms with E-state index < -0.39 is 8.07 Å². The molecule has 134 valence electrons. The zero-order chi connectivity index (χ0) is 18.3. The predicted octanol–water partition coefficient (Wildman–Crippen LogP) is 6.24. The third kappa shape index (κ3) is 7.41. The van der Waals surface area contributed by atoms with Crippen molar-refractivity contribution in [2.75, 3.05) is 7.05 Å². The lowest BCUT2D eigenvalue weighted by Crippen LogP contribution is -2.32. The molecule has 0 radical (unpaired) electrons. The Morgan fingerprint density at radius 1 is 0.960 bits per heavy atom. The van der Waals surface area contributed by atoms with Gasteiger partial charge < -0.3 is 0 Å². The number of hydrogen-bond donors (Lipinski definition) is 0. The largest absolute Gasteiger partial charge is 0.296 e. The maximum atomic E-state index is 2.49. The van der Waals surface area contributed by atoms with Crippen LogP contribution in [0, 0.1) is 6.92 Å². The Morgan fingerprint density at radius 3 is 2.20 bits per heavy atom. The summed E-state index contributed by atoms with van der Waals surface area (Å²) in [6.45, 7) is 10.5. The van der Waals surface area contributed by atoms with Crippen LogP contribution in [0.4, 0.5) is 0 Å². The molecule has 0 amide bonds. The van der Waals surface area contributed by atoms with Gasteiger partial charge in [0.15, 0.2) is 0 Å². The molecule has 0 bridgehead atoms. The fraction of sp³-hybridized carbons (Fsp3) is 0.391. The molecule has 0 aliphatic heterocycles. The Labute approximate surface area is 155 Å². The summed E-state index contributed by atoms with van der Waals surface area (Å²) in [6.07, 6.45) is 5.92. The summed E-state index contributed by atoms with van der Waals surface area (Å²) in [6, 6.07) is 21.4. The second-order valence-corrected chi connectivity index (χ2v) is 14.0. The fourth-order valence-electron chi connectivity index (χ4n) is 2.93. The van der Waals surface area contributed by atoms with E-state index in [2.05, 4.69) is 105 Å². The number of hydrogen-bond acceptors (Lipinski definition) is 1. The van der Waals surface area contributed by atoms with E-state index in [0.717, 1.165) is 6.54 Å². The van der Waals surface area contributed by atoms with Crippen LogP contribution >= 0.6 is 0 Å². The van der Waals surface area contributed by atoms with Crippen LogP contribution < -0.4 is 0 Å². The third-order valence-electron chi connectivity index (χ3n) is 4.62. The van der Waals surface area contributed by atoms with E-state index in [-0.39, 0.29) is 0 Å². The molecule has 2 aromatic carbocycles. The van der Waals surface area contributed by atoms with Crippen LogP contribution in [0.1, 0.15) is 23.1 Å². The molecule has 0 fully saturated rings. The monoisotopic (exact) mass is 351 g/mol. The third-order valence-corrected chi connectivity index (χ3v) is 6.41. The minimum Gasteiger partial charge on any atom is -0.296 e. The van der Waals surface area contributed by atoms with Crippen molar-refractivity contribution in [3.05, 3.63) is 77.4 Å². The molecule has 2 aromatic rings. The molecular weight excluding hydrogens is 318 g/mol. The minimum absolute atomic E-state index is 0.480. The van der Waals surface area contributed by atoms with Gasteiger partial charge in [0.1, 0.15) is 0 Å². The highest BCUT2D eigenvalue weighted by Gasteiger charge is 2.18. The van der Waals surface area contributed by atoms with Crippen molar-refractivity contribution in [1.29, 1.82) is 0 Å². The number of aryl methyl sites for hydroxylation is 1. The van der Waals surface area contributed by atoms with Crippen LogP contribution in [0.25, 0.3) is 6.08 Å². The van der Waals surface area contributed by atoms with E-state index in [9.17, 15) is 0 Å². The summed E-state index contributed by atoms with van der Waals surface area (Å²) in [5.41, 5.74) is 3.98. The van der Waals surface area contributed by atoms with E-state index in [4.69, 9.17) is 0 Å². The van der Waals surface area contributed by atoms with Crippen molar-refractivity contribution in [2.24, 2.45) is 0 Å². The van der Waals surface area contributed by atoms with Gasteiger partial charge in [-0.2, -0.15) is 0 Å². The minimum atomic E-state index is -1.03. The van der Waals surface area contributed by atoms with E-state index in [1.165, 1.54) is 29.2 Å². The molecule has 0 aliphatic carbocycles. The number of benzene rings is 2. The van der Waals surface area contributed by atoms with E-state index in [0.29, 0.717) is 6.04 Å². The second-order valence-electron chi connectivity index (χ2n) is 8.34. The lowest BCUT2D eigenvalue weighted by Gasteiger charge is -2.28. The zero-order valence-electron chi connectivity index (χ0n) is 16.5. The van der Waals surface area contributed by atoms with Gasteiger partial charge in [0.2, 0.25) is 0 Å². The molecule has 0 heterocycles. The van der Waals surface area contributed by atoms with Crippen LogP contribution in [-0.4, -0.2) is 26.1 Å². The maximum absolute atomic E-state index is 2.49. The molecule has 2 rings (SSSR count). The van der Waals surface area contributed by atoms with Gasteiger partial charge >= 0.3 is 0 Å². The van der Waals surface area contributed by atoms with E-state index >= 15 is 0 Å². The molecule has 0 saturated carbocycles. The normalized spacial score (nSPS) is 13.5. The van der Waals surface area contributed by atoms with E-state index in [1.807, 2.05) is 0 Å². The second kappa shape index (κ2) is 9.16. The Bertz CT molecular complexity index is 653. The van der Waals surface area contributed by atoms with Crippen LogP contribution in [0.3, 0.4) is 0 Å². The highest BCUT2D eigenvalue weighted by Crippen LogP contribution is 2.19. The highest BCUT2D eigenvalue weighted by atomic mass is 28.3. The lowest BCUT2D eigenvalue weighted by atomic mass is 10.1. The lowest BCUT2D eigenvalue weighted by molar-refractivity contribution is 0.268. The molecule has 0 aliphatic rings. The van der Waals surface area contributed by atoms with Gasteiger partial charge in [-0.05, 0) is 31.5 Å². The SMILES string of the molecule is Cc1ccc(/C=C/[C@H](CC[Si](C)(C)C)N(C)Cc2ccccc2)cc1. The van der Waals surface area contributed by atoms with Crippen LogP contribution in [0.2, 0.25) is 25.7 Å². The molecule has 0 unspecified atom stereocenters. The van der Waals surface area contributed by atoms with Crippen LogP contribution in [0.15, 0.2) is 60.7 Å². The van der Waals surface area contributed by atoms with Crippen LogP contribution in [-0.2, 0) is 6.54 Å². The van der Waals surface area contributed by atoms with E-state index in [1.54, 1.807) is 0 Å². The molecule has 0 saturated heterocycles. The first-order chi connectivity index (χ1) is 11.8. The van der Waals surface area contributed by atoms with Gasteiger partial charge in [0.25, 0.3) is 0 Å². The summed E-state index contributed by atoms with van der Waals surface area (Å²) in [5.74, 6) is 0.